The molecule has 0 aromatic heterocycles. The molecule has 0 saturated heterocycles. The van der Waals surface area contributed by atoms with Gasteiger partial charge in [0.05, 0.1) is 11.6 Å². The molecule has 1 amide bonds. The first kappa shape index (κ1) is 10.0. The van der Waals surface area contributed by atoms with Crippen molar-refractivity contribution in [3.05, 3.63) is 29.3 Å². The maximum atomic E-state index is 13.3. The van der Waals surface area contributed by atoms with Crippen molar-refractivity contribution in [3.8, 4) is 0 Å². The van der Waals surface area contributed by atoms with E-state index in [1.165, 1.54) is 0 Å². The lowest BCUT2D eigenvalue weighted by atomic mass is 9.93. The minimum Gasteiger partial charge on any atom is -0.330 e. The third-order valence-corrected chi connectivity index (χ3v) is 2.56. The third kappa shape index (κ3) is 1.59. The van der Waals surface area contributed by atoms with Gasteiger partial charge in [0.2, 0.25) is 5.91 Å². The number of fused-ring (bicyclic) bond motifs is 1. The van der Waals surface area contributed by atoms with Crippen LogP contribution in [0.25, 0.3) is 0 Å². The van der Waals surface area contributed by atoms with E-state index in [4.69, 9.17) is 5.73 Å². The molecule has 0 radical (unpaired) electrons. The van der Waals surface area contributed by atoms with Crippen LogP contribution in [0.15, 0.2) is 12.1 Å². The molecule has 0 fully saturated rings. The fraction of sp³-hybridized carbons (Fsp3) is 0.300. The highest BCUT2D eigenvalue weighted by molar-refractivity contribution is 5.96. The summed E-state index contributed by atoms with van der Waals surface area (Å²) in [6.07, 6.45) is 0.154. The number of rotatable bonds is 1. The summed E-state index contributed by atoms with van der Waals surface area (Å²) in [4.78, 5) is 11.4. The predicted octanol–water partition coefficient (Wildman–Crippen LogP) is 1.03. The van der Waals surface area contributed by atoms with Crippen LogP contribution in [0.2, 0.25) is 0 Å². The van der Waals surface area contributed by atoms with E-state index in [0.29, 0.717) is 0 Å². The quantitative estimate of drug-likeness (QED) is 0.730. The van der Waals surface area contributed by atoms with Crippen molar-refractivity contribution >= 4 is 11.6 Å². The van der Waals surface area contributed by atoms with Crippen molar-refractivity contribution in [2.75, 3.05) is 11.9 Å². The Hall–Kier alpha value is -1.49. The smallest absolute Gasteiger partial charge is 0.229 e. The van der Waals surface area contributed by atoms with Crippen LogP contribution in [-0.2, 0) is 11.2 Å². The molecule has 1 aromatic rings. The van der Waals surface area contributed by atoms with Gasteiger partial charge in [0.1, 0.15) is 11.6 Å². The Kier molecular flexibility index (Phi) is 2.40. The molecule has 3 nitrogen and oxygen atoms in total. The van der Waals surface area contributed by atoms with Crippen LogP contribution in [0.3, 0.4) is 0 Å². The zero-order chi connectivity index (χ0) is 11.0. The zero-order valence-corrected chi connectivity index (χ0v) is 7.89. The monoisotopic (exact) mass is 212 g/mol. The van der Waals surface area contributed by atoms with Gasteiger partial charge in [-0.1, -0.05) is 0 Å². The lowest BCUT2D eigenvalue weighted by molar-refractivity contribution is -0.119. The van der Waals surface area contributed by atoms with Gasteiger partial charge in [-0.15, -0.1) is 0 Å². The summed E-state index contributed by atoms with van der Waals surface area (Å²) in [5.74, 6) is -1.96. The standard InChI is InChI=1S/C10H10F2N2O/c11-7-1-2-8(12)9-6(7)3-5(4-13)10(15)14-9/h1-2,5H,3-4,13H2,(H,14,15). The Morgan fingerprint density at radius 1 is 1.40 bits per heavy atom. The lowest BCUT2D eigenvalue weighted by Gasteiger charge is -2.24. The van der Waals surface area contributed by atoms with E-state index < -0.39 is 17.6 Å². The summed E-state index contributed by atoms with van der Waals surface area (Å²) in [5.41, 5.74) is 5.51. The number of hydrogen-bond acceptors (Lipinski definition) is 2. The molecule has 15 heavy (non-hydrogen) atoms. The minimum absolute atomic E-state index is 0.0512. The number of nitrogens with two attached hydrogens (primary N) is 1. The molecule has 0 bridgehead atoms. The van der Waals surface area contributed by atoms with Crippen molar-refractivity contribution in [1.82, 2.24) is 0 Å². The first-order chi connectivity index (χ1) is 7.13. The second-order valence-corrected chi connectivity index (χ2v) is 3.51. The maximum absolute atomic E-state index is 13.3. The Morgan fingerprint density at radius 3 is 2.73 bits per heavy atom. The number of amides is 1. The first-order valence-corrected chi connectivity index (χ1v) is 4.61. The molecule has 0 saturated carbocycles. The van der Waals surface area contributed by atoms with E-state index in [0.717, 1.165) is 12.1 Å². The average Bonchev–Trinajstić information content (AvgIpc) is 2.23. The molecule has 1 aliphatic heterocycles. The number of benzene rings is 1. The molecule has 1 aliphatic rings. The van der Waals surface area contributed by atoms with Gasteiger partial charge in [-0.3, -0.25) is 4.79 Å². The highest BCUT2D eigenvalue weighted by atomic mass is 19.1. The summed E-state index contributed by atoms with van der Waals surface area (Å²) >= 11 is 0. The van der Waals surface area contributed by atoms with Crippen LogP contribution in [0.1, 0.15) is 5.56 Å². The molecular formula is C10H10F2N2O. The molecule has 1 unspecified atom stereocenters. The van der Waals surface area contributed by atoms with Gasteiger partial charge in [-0.25, -0.2) is 8.78 Å². The SMILES string of the molecule is NCC1Cc2c(F)ccc(F)c2NC1=O. The lowest BCUT2D eigenvalue weighted by Crippen LogP contribution is -2.35. The molecule has 0 spiro atoms. The molecule has 5 heteroatoms. The second kappa shape index (κ2) is 3.58. The number of anilines is 1. The number of nitrogens with one attached hydrogen (secondary N) is 1. The molecule has 0 aliphatic carbocycles. The van der Waals surface area contributed by atoms with Crippen LogP contribution in [0.4, 0.5) is 14.5 Å². The van der Waals surface area contributed by atoms with Crippen LogP contribution in [-0.4, -0.2) is 12.5 Å². The molecule has 80 valence electrons. The van der Waals surface area contributed by atoms with Gasteiger partial charge in [-0.05, 0) is 18.6 Å². The van der Waals surface area contributed by atoms with E-state index in [9.17, 15) is 13.6 Å². The largest absolute Gasteiger partial charge is 0.330 e. The number of halogens is 2. The van der Waals surface area contributed by atoms with E-state index in [1.54, 1.807) is 0 Å². The molecular weight excluding hydrogens is 202 g/mol. The summed E-state index contributed by atoms with van der Waals surface area (Å²) in [6.45, 7) is 0.126. The normalized spacial score (nSPS) is 19.7. The van der Waals surface area contributed by atoms with E-state index in [2.05, 4.69) is 5.32 Å². The van der Waals surface area contributed by atoms with Crippen LogP contribution in [0.5, 0.6) is 0 Å². The summed E-state index contributed by atoms with van der Waals surface area (Å²) < 4.78 is 26.6. The summed E-state index contributed by atoms with van der Waals surface area (Å²) in [5, 5.41) is 2.34. The van der Waals surface area contributed by atoms with Gasteiger partial charge < -0.3 is 11.1 Å². The highest BCUT2D eigenvalue weighted by Gasteiger charge is 2.28. The van der Waals surface area contributed by atoms with Crippen molar-refractivity contribution in [2.45, 2.75) is 6.42 Å². The molecule has 1 heterocycles. The Bertz CT molecular complexity index is 420. The second-order valence-electron chi connectivity index (χ2n) is 3.51. The number of hydrogen-bond donors (Lipinski definition) is 2. The minimum atomic E-state index is -0.616. The maximum Gasteiger partial charge on any atom is 0.229 e. The molecule has 1 atom stereocenters. The predicted molar refractivity (Wildman–Crippen MR) is 51.2 cm³/mol. The highest BCUT2D eigenvalue weighted by Crippen LogP contribution is 2.29. The van der Waals surface area contributed by atoms with Crippen molar-refractivity contribution in [2.24, 2.45) is 11.7 Å². The van der Waals surface area contributed by atoms with E-state index in [-0.39, 0.29) is 30.1 Å². The summed E-state index contributed by atoms with van der Waals surface area (Å²) in [6, 6.07) is 2.05. The van der Waals surface area contributed by atoms with Crippen LogP contribution in [0, 0.1) is 17.6 Å². The van der Waals surface area contributed by atoms with Crippen LogP contribution < -0.4 is 11.1 Å². The van der Waals surface area contributed by atoms with Gasteiger partial charge >= 0.3 is 0 Å². The number of carbonyl (C=O) groups is 1. The molecule has 2 rings (SSSR count). The van der Waals surface area contributed by atoms with Gasteiger partial charge in [0, 0.05) is 12.1 Å². The fourth-order valence-corrected chi connectivity index (χ4v) is 1.68. The summed E-state index contributed by atoms with van der Waals surface area (Å²) in [7, 11) is 0. The fourth-order valence-electron chi connectivity index (χ4n) is 1.68. The van der Waals surface area contributed by atoms with Crippen molar-refractivity contribution in [3.63, 3.8) is 0 Å². The average molecular weight is 212 g/mol. The van der Waals surface area contributed by atoms with E-state index in [1.807, 2.05) is 0 Å². The Balaban J connectivity index is 2.48. The van der Waals surface area contributed by atoms with Gasteiger partial charge in [-0.2, -0.15) is 0 Å². The first-order valence-electron chi connectivity index (χ1n) is 4.61. The zero-order valence-electron chi connectivity index (χ0n) is 7.89. The van der Waals surface area contributed by atoms with E-state index >= 15 is 0 Å². The van der Waals surface area contributed by atoms with Crippen molar-refractivity contribution < 1.29 is 13.6 Å². The topological polar surface area (TPSA) is 55.1 Å². The van der Waals surface area contributed by atoms with Crippen molar-refractivity contribution in [1.29, 1.82) is 0 Å². The van der Waals surface area contributed by atoms with Crippen LogP contribution >= 0.6 is 0 Å². The molecule has 3 N–H and O–H groups in total. The van der Waals surface area contributed by atoms with Gasteiger partial charge in [0.25, 0.3) is 0 Å². The third-order valence-electron chi connectivity index (χ3n) is 2.56. The van der Waals surface area contributed by atoms with Gasteiger partial charge in [0.15, 0.2) is 0 Å². The number of carbonyl (C=O) groups excluding carboxylic acids is 1. The molecule has 1 aromatic carbocycles. The Morgan fingerprint density at radius 2 is 2.07 bits per heavy atom. The Labute approximate surface area is 85.3 Å².